The topological polar surface area (TPSA) is 63.6 Å². The molecule has 0 aliphatic carbocycles. The van der Waals surface area contributed by atoms with E-state index in [9.17, 15) is 14.0 Å². The number of hydrogen-bond donors (Lipinski definition) is 1. The van der Waals surface area contributed by atoms with Crippen molar-refractivity contribution in [3.05, 3.63) is 35.1 Å². The molecule has 0 amide bonds. The first-order valence-corrected chi connectivity index (χ1v) is 4.11. The SMILES string of the molecule is COCc1ccc(C(=O)C(=O)O)cc1F. The van der Waals surface area contributed by atoms with Gasteiger partial charge >= 0.3 is 5.97 Å². The third-order valence-electron chi connectivity index (χ3n) is 1.81. The second kappa shape index (κ2) is 4.65. The molecule has 1 rings (SSSR count). The summed E-state index contributed by atoms with van der Waals surface area (Å²) < 4.78 is 18.0. The van der Waals surface area contributed by atoms with Crippen molar-refractivity contribution < 1.29 is 23.8 Å². The van der Waals surface area contributed by atoms with Crippen LogP contribution in [0.15, 0.2) is 18.2 Å². The van der Waals surface area contributed by atoms with Crippen molar-refractivity contribution in [2.75, 3.05) is 7.11 Å². The number of methoxy groups -OCH3 is 1. The quantitative estimate of drug-likeness (QED) is 0.602. The Bertz CT molecular complexity index is 400. The predicted molar refractivity (Wildman–Crippen MR) is 49.1 cm³/mol. The average Bonchev–Trinajstić information content (AvgIpc) is 2.20. The number of carbonyl (C=O) groups is 2. The lowest BCUT2D eigenvalue weighted by molar-refractivity contribution is -0.131. The Hall–Kier alpha value is -1.75. The molecule has 0 aliphatic heterocycles. The molecule has 0 unspecified atom stereocenters. The molecule has 0 spiro atoms. The summed E-state index contributed by atoms with van der Waals surface area (Å²) >= 11 is 0. The predicted octanol–water partition coefficient (Wildman–Crippen LogP) is 1.24. The summed E-state index contributed by atoms with van der Waals surface area (Å²) in [6, 6.07) is 3.48. The van der Waals surface area contributed by atoms with E-state index in [0.717, 1.165) is 6.07 Å². The molecule has 4 nitrogen and oxygen atoms in total. The van der Waals surface area contributed by atoms with Gasteiger partial charge in [-0.3, -0.25) is 4.79 Å². The van der Waals surface area contributed by atoms with Gasteiger partial charge in [-0.15, -0.1) is 0 Å². The molecule has 0 aromatic heterocycles. The fourth-order valence-electron chi connectivity index (χ4n) is 1.08. The first-order chi connectivity index (χ1) is 7.06. The molecule has 0 fully saturated rings. The van der Waals surface area contributed by atoms with E-state index in [0.29, 0.717) is 0 Å². The van der Waals surface area contributed by atoms with E-state index in [4.69, 9.17) is 9.84 Å². The summed E-state index contributed by atoms with van der Waals surface area (Å²) in [5.74, 6) is -3.38. The number of carboxylic acids is 1. The molecule has 1 N–H and O–H groups in total. The number of carbonyl (C=O) groups excluding carboxylic acids is 1. The number of ether oxygens (including phenoxy) is 1. The van der Waals surface area contributed by atoms with E-state index in [-0.39, 0.29) is 17.7 Å². The maximum Gasteiger partial charge on any atom is 0.377 e. The third kappa shape index (κ3) is 2.60. The van der Waals surface area contributed by atoms with E-state index >= 15 is 0 Å². The van der Waals surface area contributed by atoms with Gasteiger partial charge in [0.15, 0.2) is 0 Å². The number of halogens is 1. The molecule has 0 atom stereocenters. The van der Waals surface area contributed by atoms with Gasteiger partial charge in [-0.2, -0.15) is 0 Å². The van der Waals surface area contributed by atoms with Crippen LogP contribution in [-0.2, 0) is 16.1 Å². The molecule has 0 saturated heterocycles. The Kier molecular flexibility index (Phi) is 3.51. The smallest absolute Gasteiger partial charge is 0.377 e. The zero-order valence-corrected chi connectivity index (χ0v) is 7.99. The first kappa shape index (κ1) is 11.3. The van der Waals surface area contributed by atoms with Crippen LogP contribution in [0.3, 0.4) is 0 Å². The van der Waals surface area contributed by atoms with E-state index in [2.05, 4.69) is 0 Å². The highest BCUT2D eigenvalue weighted by atomic mass is 19.1. The zero-order chi connectivity index (χ0) is 11.4. The maximum atomic E-state index is 13.2. The fourth-order valence-corrected chi connectivity index (χ4v) is 1.08. The summed E-state index contributed by atoms with van der Waals surface area (Å²) in [6.07, 6.45) is 0. The molecule has 1 aromatic rings. The fraction of sp³-hybridized carbons (Fsp3) is 0.200. The van der Waals surface area contributed by atoms with Crippen LogP contribution in [0, 0.1) is 5.82 Å². The normalized spacial score (nSPS) is 10.0. The minimum absolute atomic E-state index is 0.0768. The molecule has 1 aromatic carbocycles. The van der Waals surface area contributed by atoms with Crippen molar-refractivity contribution in [3.63, 3.8) is 0 Å². The van der Waals surface area contributed by atoms with E-state index < -0.39 is 17.6 Å². The van der Waals surface area contributed by atoms with Gasteiger partial charge in [-0.25, -0.2) is 9.18 Å². The number of hydrogen-bond acceptors (Lipinski definition) is 3. The average molecular weight is 212 g/mol. The van der Waals surface area contributed by atoms with Crippen molar-refractivity contribution in [2.24, 2.45) is 0 Å². The van der Waals surface area contributed by atoms with Crippen LogP contribution in [0.25, 0.3) is 0 Å². The molecule has 15 heavy (non-hydrogen) atoms. The lowest BCUT2D eigenvalue weighted by atomic mass is 10.1. The van der Waals surface area contributed by atoms with Crippen LogP contribution >= 0.6 is 0 Å². The van der Waals surface area contributed by atoms with Crippen LogP contribution in [0.1, 0.15) is 15.9 Å². The summed E-state index contributed by atoms with van der Waals surface area (Å²) in [5, 5.41) is 8.40. The largest absolute Gasteiger partial charge is 0.475 e. The molecular formula is C10H9FO4. The number of benzene rings is 1. The van der Waals surface area contributed by atoms with Crippen LogP contribution in [0.4, 0.5) is 4.39 Å². The number of rotatable bonds is 4. The Morgan fingerprint density at radius 3 is 2.60 bits per heavy atom. The monoisotopic (exact) mass is 212 g/mol. The highest BCUT2D eigenvalue weighted by molar-refractivity contribution is 6.39. The third-order valence-corrected chi connectivity index (χ3v) is 1.81. The van der Waals surface area contributed by atoms with Crippen LogP contribution in [0.2, 0.25) is 0 Å². The minimum Gasteiger partial charge on any atom is -0.475 e. The number of Topliss-reactive ketones (excluding diaryl/α,β-unsaturated/α-hetero) is 1. The Balaban J connectivity index is 3.01. The number of aliphatic carboxylic acids is 1. The standard InChI is InChI=1S/C10H9FO4/c1-15-5-7-3-2-6(4-8(7)11)9(12)10(13)14/h2-4H,5H2,1H3,(H,13,14). The highest BCUT2D eigenvalue weighted by Gasteiger charge is 2.16. The zero-order valence-electron chi connectivity index (χ0n) is 7.99. The van der Waals surface area contributed by atoms with Crippen LogP contribution in [0.5, 0.6) is 0 Å². The van der Waals surface area contributed by atoms with Crippen molar-refractivity contribution in [1.29, 1.82) is 0 Å². The van der Waals surface area contributed by atoms with Gasteiger partial charge in [0.05, 0.1) is 6.61 Å². The lowest BCUT2D eigenvalue weighted by Gasteiger charge is -2.02. The van der Waals surface area contributed by atoms with Crippen molar-refractivity contribution in [1.82, 2.24) is 0 Å². The summed E-state index contributed by atoms with van der Waals surface area (Å²) in [5.41, 5.74) is 0.0966. The number of ketones is 1. The van der Waals surface area contributed by atoms with Gasteiger partial charge in [0.1, 0.15) is 5.82 Å². The molecular weight excluding hydrogens is 203 g/mol. The second-order valence-corrected chi connectivity index (χ2v) is 2.87. The van der Waals surface area contributed by atoms with Crippen molar-refractivity contribution in [3.8, 4) is 0 Å². The van der Waals surface area contributed by atoms with E-state index in [1.54, 1.807) is 0 Å². The Morgan fingerprint density at radius 1 is 1.47 bits per heavy atom. The molecule has 5 heteroatoms. The van der Waals surface area contributed by atoms with Crippen LogP contribution in [-0.4, -0.2) is 24.0 Å². The molecule has 0 radical (unpaired) electrons. The minimum atomic E-state index is -1.60. The highest BCUT2D eigenvalue weighted by Crippen LogP contribution is 2.12. The molecule has 0 saturated carbocycles. The molecule has 0 bridgehead atoms. The van der Waals surface area contributed by atoms with Gasteiger partial charge in [-0.1, -0.05) is 12.1 Å². The van der Waals surface area contributed by atoms with Gasteiger partial charge in [0, 0.05) is 18.2 Å². The van der Waals surface area contributed by atoms with Crippen LogP contribution < -0.4 is 0 Å². The van der Waals surface area contributed by atoms with Gasteiger partial charge < -0.3 is 9.84 Å². The Labute approximate surface area is 85.3 Å². The summed E-state index contributed by atoms with van der Waals surface area (Å²) in [4.78, 5) is 21.3. The van der Waals surface area contributed by atoms with Crippen molar-refractivity contribution in [2.45, 2.75) is 6.61 Å². The van der Waals surface area contributed by atoms with E-state index in [1.165, 1.54) is 19.2 Å². The summed E-state index contributed by atoms with van der Waals surface area (Å²) in [6.45, 7) is 0.0768. The first-order valence-electron chi connectivity index (χ1n) is 4.11. The lowest BCUT2D eigenvalue weighted by Crippen LogP contribution is -2.13. The van der Waals surface area contributed by atoms with E-state index in [1.807, 2.05) is 0 Å². The Morgan fingerprint density at radius 2 is 2.13 bits per heavy atom. The van der Waals surface area contributed by atoms with Gasteiger partial charge in [0.2, 0.25) is 0 Å². The van der Waals surface area contributed by atoms with Crippen molar-refractivity contribution >= 4 is 11.8 Å². The molecule has 80 valence electrons. The molecule has 0 heterocycles. The number of carboxylic acid groups (broad SMARTS) is 1. The second-order valence-electron chi connectivity index (χ2n) is 2.87. The summed E-state index contributed by atoms with van der Waals surface area (Å²) in [7, 11) is 1.41. The van der Waals surface area contributed by atoms with Gasteiger partial charge in [0.25, 0.3) is 5.78 Å². The van der Waals surface area contributed by atoms with Gasteiger partial charge in [-0.05, 0) is 6.07 Å². The molecule has 0 aliphatic rings. The maximum absolute atomic E-state index is 13.2.